The first-order valence-corrected chi connectivity index (χ1v) is 8.52. The second-order valence-corrected chi connectivity index (χ2v) is 5.97. The molecule has 1 aliphatic rings. The lowest BCUT2D eigenvalue weighted by atomic mass is 10.0. The van der Waals surface area contributed by atoms with E-state index in [1.807, 2.05) is 0 Å². The van der Waals surface area contributed by atoms with Crippen molar-refractivity contribution in [3.8, 4) is 0 Å². The lowest BCUT2D eigenvalue weighted by Gasteiger charge is -2.19. The molecule has 1 saturated heterocycles. The molecule has 1 heterocycles. The van der Waals surface area contributed by atoms with Crippen LogP contribution in [0.15, 0.2) is 0 Å². The summed E-state index contributed by atoms with van der Waals surface area (Å²) in [4.78, 5) is 11.7. The maximum Gasteiger partial charge on any atom is 0.306 e. The monoisotopic (exact) mass is 268 g/mol. The van der Waals surface area contributed by atoms with Gasteiger partial charge in [-0.05, 0) is 32.1 Å². The van der Waals surface area contributed by atoms with E-state index in [4.69, 9.17) is 4.74 Å². The summed E-state index contributed by atoms with van der Waals surface area (Å²) in [6, 6.07) is 0. The van der Waals surface area contributed by atoms with Crippen molar-refractivity contribution in [2.75, 3.05) is 0 Å². The molecule has 0 aliphatic carbocycles. The van der Waals surface area contributed by atoms with Crippen molar-refractivity contribution in [1.82, 2.24) is 0 Å². The van der Waals surface area contributed by atoms with Gasteiger partial charge < -0.3 is 4.74 Å². The number of rotatable bonds is 7. The number of cyclic esters (lactones) is 1. The third kappa shape index (κ3) is 9.07. The van der Waals surface area contributed by atoms with E-state index < -0.39 is 0 Å². The molecular formula is C17H32O2. The second kappa shape index (κ2) is 11.3. The van der Waals surface area contributed by atoms with Crippen LogP contribution in [-0.2, 0) is 9.53 Å². The topological polar surface area (TPSA) is 26.3 Å². The minimum atomic E-state index is 0.0397. The van der Waals surface area contributed by atoms with Gasteiger partial charge in [-0.1, -0.05) is 58.3 Å². The predicted molar refractivity (Wildman–Crippen MR) is 80.2 cm³/mol. The number of esters is 1. The average molecular weight is 268 g/mol. The van der Waals surface area contributed by atoms with Crippen molar-refractivity contribution in [2.45, 2.75) is 103 Å². The third-order valence-corrected chi connectivity index (χ3v) is 4.08. The van der Waals surface area contributed by atoms with Gasteiger partial charge in [-0.25, -0.2) is 0 Å². The standard InChI is InChI=1S/C17H32O2/c1-2-3-4-5-7-10-13-16-14-11-8-6-9-12-15-17(18)19-16/h16H,2-15H2,1H3. The third-order valence-electron chi connectivity index (χ3n) is 4.08. The van der Waals surface area contributed by atoms with Gasteiger partial charge in [0.15, 0.2) is 0 Å². The van der Waals surface area contributed by atoms with E-state index in [0.29, 0.717) is 6.42 Å². The highest BCUT2D eigenvalue weighted by Crippen LogP contribution is 2.19. The minimum Gasteiger partial charge on any atom is -0.462 e. The summed E-state index contributed by atoms with van der Waals surface area (Å²) in [5, 5.41) is 0. The van der Waals surface area contributed by atoms with E-state index in [0.717, 1.165) is 19.3 Å². The summed E-state index contributed by atoms with van der Waals surface area (Å²) < 4.78 is 5.62. The summed E-state index contributed by atoms with van der Waals surface area (Å²) in [5.41, 5.74) is 0. The molecule has 1 unspecified atom stereocenters. The molecule has 1 rings (SSSR count). The van der Waals surface area contributed by atoms with E-state index in [1.165, 1.54) is 64.2 Å². The summed E-state index contributed by atoms with van der Waals surface area (Å²) in [5.74, 6) is 0.0397. The van der Waals surface area contributed by atoms with E-state index in [9.17, 15) is 4.79 Å². The van der Waals surface area contributed by atoms with Crippen molar-refractivity contribution in [3.05, 3.63) is 0 Å². The van der Waals surface area contributed by atoms with Crippen LogP contribution in [0.4, 0.5) is 0 Å². The van der Waals surface area contributed by atoms with Crippen molar-refractivity contribution in [1.29, 1.82) is 0 Å². The molecule has 0 aromatic rings. The molecule has 19 heavy (non-hydrogen) atoms. The first kappa shape index (κ1) is 16.5. The fraction of sp³-hybridized carbons (Fsp3) is 0.941. The number of ether oxygens (including phenoxy) is 1. The van der Waals surface area contributed by atoms with Gasteiger partial charge in [0.1, 0.15) is 6.10 Å². The zero-order valence-corrected chi connectivity index (χ0v) is 12.8. The Kier molecular flexibility index (Phi) is 9.84. The highest BCUT2D eigenvalue weighted by atomic mass is 16.5. The van der Waals surface area contributed by atoms with Crippen LogP contribution >= 0.6 is 0 Å². The van der Waals surface area contributed by atoms with Gasteiger partial charge in [0, 0.05) is 6.42 Å². The van der Waals surface area contributed by atoms with Gasteiger partial charge in [-0.2, -0.15) is 0 Å². The van der Waals surface area contributed by atoms with Crippen LogP contribution in [0.5, 0.6) is 0 Å². The molecule has 0 bridgehead atoms. The molecule has 0 radical (unpaired) electrons. The summed E-state index contributed by atoms with van der Waals surface area (Å²) >= 11 is 0. The van der Waals surface area contributed by atoms with Crippen LogP contribution < -0.4 is 0 Å². The van der Waals surface area contributed by atoms with Crippen LogP contribution in [0.2, 0.25) is 0 Å². The number of hydrogen-bond donors (Lipinski definition) is 0. The zero-order valence-electron chi connectivity index (χ0n) is 12.8. The fourth-order valence-electron chi connectivity index (χ4n) is 2.83. The molecule has 2 nitrogen and oxygen atoms in total. The number of carbonyl (C=O) groups excluding carboxylic acids is 1. The van der Waals surface area contributed by atoms with Crippen LogP contribution in [0.25, 0.3) is 0 Å². The van der Waals surface area contributed by atoms with Crippen molar-refractivity contribution < 1.29 is 9.53 Å². The number of hydrogen-bond acceptors (Lipinski definition) is 2. The maximum atomic E-state index is 11.7. The van der Waals surface area contributed by atoms with Crippen LogP contribution in [0.1, 0.15) is 96.8 Å². The smallest absolute Gasteiger partial charge is 0.306 e. The normalized spacial score (nSPS) is 21.9. The van der Waals surface area contributed by atoms with E-state index in [1.54, 1.807) is 0 Å². The molecule has 1 fully saturated rings. The quantitative estimate of drug-likeness (QED) is 0.457. The molecule has 1 aliphatic heterocycles. The van der Waals surface area contributed by atoms with E-state index in [-0.39, 0.29) is 12.1 Å². The van der Waals surface area contributed by atoms with Crippen LogP contribution in [-0.4, -0.2) is 12.1 Å². The Hall–Kier alpha value is -0.530. The number of carbonyl (C=O) groups is 1. The van der Waals surface area contributed by atoms with Gasteiger partial charge >= 0.3 is 5.97 Å². The average Bonchev–Trinajstić information content (AvgIpc) is 2.41. The molecule has 0 aromatic carbocycles. The molecular weight excluding hydrogens is 236 g/mol. The van der Waals surface area contributed by atoms with Gasteiger partial charge in [-0.3, -0.25) is 4.79 Å². The first-order valence-electron chi connectivity index (χ1n) is 8.52. The minimum absolute atomic E-state index is 0.0397. The molecule has 0 spiro atoms. The number of unbranched alkanes of at least 4 members (excludes halogenated alkanes) is 5. The maximum absolute atomic E-state index is 11.7. The Morgan fingerprint density at radius 2 is 1.63 bits per heavy atom. The lowest BCUT2D eigenvalue weighted by Crippen LogP contribution is -2.19. The Morgan fingerprint density at radius 3 is 2.47 bits per heavy atom. The Bertz CT molecular complexity index is 225. The van der Waals surface area contributed by atoms with Gasteiger partial charge in [0.05, 0.1) is 0 Å². The van der Waals surface area contributed by atoms with Crippen molar-refractivity contribution in [2.24, 2.45) is 0 Å². The Morgan fingerprint density at radius 1 is 0.947 bits per heavy atom. The SMILES string of the molecule is CCCCCCCCC1CCCCCCCC(=O)O1. The molecule has 0 amide bonds. The molecule has 0 aromatic heterocycles. The molecule has 112 valence electrons. The zero-order chi connectivity index (χ0) is 13.8. The summed E-state index contributed by atoms with van der Waals surface area (Å²) in [6.45, 7) is 2.25. The van der Waals surface area contributed by atoms with Gasteiger partial charge in [0.25, 0.3) is 0 Å². The van der Waals surface area contributed by atoms with Crippen LogP contribution in [0, 0.1) is 0 Å². The first-order chi connectivity index (χ1) is 9.33. The van der Waals surface area contributed by atoms with Gasteiger partial charge in [0.2, 0.25) is 0 Å². The molecule has 0 N–H and O–H groups in total. The van der Waals surface area contributed by atoms with E-state index >= 15 is 0 Å². The highest BCUT2D eigenvalue weighted by molar-refractivity contribution is 5.69. The molecule has 1 atom stereocenters. The van der Waals surface area contributed by atoms with Crippen LogP contribution in [0.3, 0.4) is 0 Å². The summed E-state index contributed by atoms with van der Waals surface area (Å²) in [7, 11) is 0. The Labute approximate surface area is 119 Å². The van der Waals surface area contributed by atoms with Crippen molar-refractivity contribution in [3.63, 3.8) is 0 Å². The lowest BCUT2D eigenvalue weighted by molar-refractivity contribution is -0.150. The highest BCUT2D eigenvalue weighted by Gasteiger charge is 2.15. The van der Waals surface area contributed by atoms with Gasteiger partial charge in [-0.15, -0.1) is 0 Å². The van der Waals surface area contributed by atoms with Crippen molar-refractivity contribution >= 4 is 5.97 Å². The summed E-state index contributed by atoms with van der Waals surface area (Å²) in [6.07, 6.45) is 16.9. The fourth-order valence-corrected chi connectivity index (χ4v) is 2.83. The second-order valence-electron chi connectivity index (χ2n) is 5.97. The predicted octanol–water partition coefficient (Wildman–Crippen LogP) is 5.39. The Balaban J connectivity index is 2.14. The molecule has 0 saturated carbocycles. The largest absolute Gasteiger partial charge is 0.462 e. The molecule has 2 heteroatoms. The van der Waals surface area contributed by atoms with E-state index in [2.05, 4.69) is 6.92 Å².